The first-order valence-corrected chi connectivity index (χ1v) is 7.54. The fourth-order valence-electron chi connectivity index (χ4n) is 3.93. The summed E-state index contributed by atoms with van der Waals surface area (Å²) in [6.07, 6.45) is 0.950. The molecule has 0 aromatic heterocycles. The standard InChI is InChI=1S/C18H19FN2/c1-13-9-15(19)10-17-16(13)11-18(12-20-7-8-21(17)18)14-5-3-2-4-6-14/h2-6,9-10,20H,7-8,11-12H2,1H3/t18-/m1/s1. The van der Waals surface area contributed by atoms with Crippen LogP contribution in [-0.4, -0.2) is 19.6 Å². The monoisotopic (exact) mass is 282 g/mol. The van der Waals surface area contributed by atoms with E-state index in [2.05, 4.69) is 34.5 Å². The van der Waals surface area contributed by atoms with Crippen molar-refractivity contribution in [3.63, 3.8) is 0 Å². The molecular weight excluding hydrogens is 263 g/mol. The van der Waals surface area contributed by atoms with Crippen LogP contribution in [0.5, 0.6) is 0 Å². The molecule has 0 saturated carbocycles. The highest BCUT2D eigenvalue weighted by Gasteiger charge is 2.46. The number of piperazine rings is 1. The predicted molar refractivity (Wildman–Crippen MR) is 83.2 cm³/mol. The highest BCUT2D eigenvalue weighted by molar-refractivity contribution is 5.66. The number of aryl methyl sites for hydroxylation is 1. The van der Waals surface area contributed by atoms with E-state index in [9.17, 15) is 4.39 Å². The van der Waals surface area contributed by atoms with Gasteiger partial charge in [-0.1, -0.05) is 30.3 Å². The molecule has 2 heterocycles. The third kappa shape index (κ3) is 1.80. The summed E-state index contributed by atoms with van der Waals surface area (Å²) in [7, 11) is 0. The Bertz CT molecular complexity index is 683. The molecule has 1 fully saturated rings. The summed E-state index contributed by atoms with van der Waals surface area (Å²) in [4.78, 5) is 2.41. The largest absolute Gasteiger partial charge is 0.359 e. The minimum atomic E-state index is -0.131. The third-order valence-electron chi connectivity index (χ3n) is 4.93. The van der Waals surface area contributed by atoms with E-state index < -0.39 is 0 Å². The number of hydrogen-bond donors (Lipinski definition) is 1. The fourth-order valence-corrected chi connectivity index (χ4v) is 3.93. The van der Waals surface area contributed by atoms with Crippen molar-refractivity contribution >= 4 is 5.69 Å². The van der Waals surface area contributed by atoms with E-state index >= 15 is 0 Å². The first-order chi connectivity index (χ1) is 10.2. The zero-order chi connectivity index (χ0) is 14.4. The van der Waals surface area contributed by atoms with Crippen LogP contribution in [0.15, 0.2) is 42.5 Å². The van der Waals surface area contributed by atoms with Gasteiger partial charge in [0.2, 0.25) is 0 Å². The Hall–Kier alpha value is -1.87. The van der Waals surface area contributed by atoms with Crippen LogP contribution in [0.2, 0.25) is 0 Å². The van der Waals surface area contributed by atoms with Gasteiger partial charge in [0.25, 0.3) is 0 Å². The topological polar surface area (TPSA) is 15.3 Å². The van der Waals surface area contributed by atoms with E-state index in [1.165, 1.54) is 11.1 Å². The molecule has 1 atom stereocenters. The highest BCUT2D eigenvalue weighted by Crippen LogP contribution is 2.47. The Kier molecular flexibility index (Phi) is 2.79. The molecule has 21 heavy (non-hydrogen) atoms. The van der Waals surface area contributed by atoms with E-state index in [4.69, 9.17) is 0 Å². The highest BCUT2D eigenvalue weighted by atomic mass is 19.1. The van der Waals surface area contributed by atoms with E-state index in [-0.39, 0.29) is 11.4 Å². The molecule has 1 saturated heterocycles. The first kappa shape index (κ1) is 12.8. The van der Waals surface area contributed by atoms with Gasteiger partial charge in [0.05, 0.1) is 5.54 Å². The van der Waals surface area contributed by atoms with Gasteiger partial charge in [0, 0.05) is 31.7 Å². The molecule has 0 amide bonds. The van der Waals surface area contributed by atoms with Gasteiger partial charge < -0.3 is 10.2 Å². The number of nitrogens with zero attached hydrogens (tertiary/aromatic N) is 1. The normalized spacial score (nSPS) is 23.8. The summed E-state index contributed by atoms with van der Waals surface area (Å²) in [6, 6.07) is 14.0. The number of fused-ring (bicyclic) bond motifs is 3. The Morgan fingerprint density at radius 3 is 2.81 bits per heavy atom. The van der Waals surface area contributed by atoms with Crippen molar-refractivity contribution in [1.29, 1.82) is 0 Å². The summed E-state index contributed by atoms with van der Waals surface area (Å²) in [6.45, 7) is 4.80. The second-order valence-corrected chi connectivity index (χ2v) is 6.12. The fraction of sp³-hybridized carbons (Fsp3) is 0.333. The van der Waals surface area contributed by atoms with Crippen molar-refractivity contribution in [1.82, 2.24) is 5.32 Å². The molecule has 1 N–H and O–H groups in total. The van der Waals surface area contributed by atoms with Crippen LogP contribution in [-0.2, 0) is 12.0 Å². The molecule has 3 heteroatoms. The van der Waals surface area contributed by atoms with Gasteiger partial charge in [-0.25, -0.2) is 4.39 Å². The Balaban J connectivity index is 1.90. The minimum Gasteiger partial charge on any atom is -0.359 e. The Morgan fingerprint density at radius 2 is 2.00 bits per heavy atom. The van der Waals surface area contributed by atoms with Gasteiger partial charge >= 0.3 is 0 Å². The van der Waals surface area contributed by atoms with Crippen molar-refractivity contribution in [2.24, 2.45) is 0 Å². The average Bonchev–Trinajstić information content (AvgIpc) is 2.85. The SMILES string of the molecule is Cc1cc(F)cc2c1C[C@]1(c3ccccc3)CNCCN21. The maximum absolute atomic E-state index is 13.9. The molecule has 2 nitrogen and oxygen atoms in total. The van der Waals surface area contributed by atoms with Crippen LogP contribution in [0.3, 0.4) is 0 Å². The number of nitrogens with one attached hydrogen (secondary N) is 1. The van der Waals surface area contributed by atoms with Gasteiger partial charge in [-0.3, -0.25) is 0 Å². The number of halogens is 1. The quantitative estimate of drug-likeness (QED) is 0.865. The lowest BCUT2D eigenvalue weighted by Gasteiger charge is -2.45. The van der Waals surface area contributed by atoms with Crippen molar-refractivity contribution in [2.75, 3.05) is 24.5 Å². The van der Waals surface area contributed by atoms with Crippen LogP contribution in [0.25, 0.3) is 0 Å². The maximum atomic E-state index is 13.9. The zero-order valence-electron chi connectivity index (χ0n) is 12.2. The predicted octanol–water partition coefficient (Wildman–Crippen LogP) is 3.00. The van der Waals surface area contributed by atoms with Crippen LogP contribution < -0.4 is 10.2 Å². The summed E-state index contributed by atoms with van der Waals surface area (Å²) < 4.78 is 13.9. The third-order valence-corrected chi connectivity index (χ3v) is 4.93. The molecule has 2 aromatic carbocycles. The van der Waals surface area contributed by atoms with Crippen LogP contribution in [0.4, 0.5) is 10.1 Å². The van der Waals surface area contributed by atoms with E-state index in [0.29, 0.717) is 0 Å². The van der Waals surface area contributed by atoms with Crippen LogP contribution in [0.1, 0.15) is 16.7 Å². The molecule has 2 aliphatic heterocycles. The lowest BCUT2D eigenvalue weighted by atomic mass is 9.84. The Labute approximate surface area is 124 Å². The van der Waals surface area contributed by atoms with Crippen molar-refractivity contribution < 1.29 is 4.39 Å². The van der Waals surface area contributed by atoms with E-state index in [1.807, 2.05) is 13.0 Å². The van der Waals surface area contributed by atoms with Gasteiger partial charge in [0.15, 0.2) is 0 Å². The van der Waals surface area contributed by atoms with Crippen molar-refractivity contribution in [3.8, 4) is 0 Å². The molecule has 2 aliphatic rings. The number of hydrogen-bond acceptors (Lipinski definition) is 2. The van der Waals surface area contributed by atoms with Gasteiger partial charge in [-0.05, 0) is 35.7 Å². The van der Waals surface area contributed by atoms with E-state index in [0.717, 1.165) is 37.3 Å². The maximum Gasteiger partial charge on any atom is 0.125 e. The first-order valence-electron chi connectivity index (χ1n) is 7.54. The molecule has 0 unspecified atom stereocenters. The smallest absolute Gasteiger partial charge is 0.125 e. The van der Waals surface area contributed by atoms with Gasteiger partial charge in [-0.2, -0.15) is 0 Å². The molecule has 4 rings (SSSR count). The number of rotatable bonds is 1. The summed E-state index contributed by atoms with van der Waals surface area (Å²) in [5.74, 6) is -0.131. The summed E-state index contributed by atoms with van der Waals surface area (Å²) >= 11 is 0. The van der Waals surface area contributed by atoms with Gasteiger partial charge in [0.1, 0.15) is 5.82 Å². The van der Waals surface area contributed by atoms with E-state index in [1.54, 1.807) is 12.1 Å². The molecule has 0 spiro atoms. The van der Waals surface area contributed by atoms with Crippen molar-refractivity contribution in [3.05, 3.63) is 65.0 Å². The molecule has 0 aliphatic carbocycles. The Morgan fingerprint density at radius 1 is 1.19 bits per heavy atom. The number of anilines is 1. The molecule has 108 valence electrons. The molecular formula is C18H19FN2. The second-order valence-electron chi connectivity index (χ2n) is 6.12. The van der Waals surface area contributed by atoms with Gasteiger partial charge in [-0.15, -0.1) is 0 Å². The molecule has 0 radical (unpaired) electrons. The summed E-state index contributed by atoms with van der Waals surface area (Å²) in [5, 5.41) is 3.53. The van der Waals surface area contributed by atoms with Crippen molar-refractivity contribution in [2.45, 2.75) is 18.9 Å². The summed E-state index contributed by atoms with van der Waals surface area (Å²) in [5.41, 5.74) is 4.69. The molecule has 2 aromatic rings. The minimum absolute atomic E-state index is 0.0691. The van der Waals surface area contributed by atoms with Crippen LogP contribution >= 0.6 is 0 Å². The average molecular weight is 282 g/mol. The lowest BCUT2D eigenvalue weighted by molar-refractivity contribution is 0.350. The lowest BCUT2D eigenvalue weighted by Crippen LogP contribution is -2.57. The second kappa shape index (κ2) is 4.57. The number of benzene rings is 2. The molecule has 0 bridgehead atoms. The van der Waals surface area contributed by atoms with Crippen LogP contribution in [0, 0.1) is 12.7 Å². The zero-order valence-corrected chi connectivity index (χ0v) is 12.2.